The van der Waals surface area contributed by atoms with Gasteiger partial charge in [-0.05, 0) is 18.2 Å². The van der Waals surface area contributed by atoms with Gasteiger partial charge >= 0.3 is 5.91 Å². The first-order valence-electron chi connectivity index (χ1n) is 8.03. The lowest BCUT2D eigenvalue weighted by atomic mass is 9.89. The summed E-state index contributed by atoms with van der Waals surface area (Å²) in [5, 5.41) is 2.34. The minimum absolute atomic E-state index is 0.0123. The third kappa shape index (κ3) is 3.79. The predicted molar refractivity (Wildman–Crippen MR) is 88.8 cm³/mol. The van der Waals surface area contributed by atoms with Crippen LogP contribution in [0.5, 0.6) is 0 Å². The third-order valence-electron chi connectivity index (χ3n) is 4.19. The van der Waals surface area contributed by atoms with Gasteiger partial charge in [-0.25, -0.2) is 22.5 Å². The average Bonchev–Trinajstić information content (AvgIpc) is 3.09. The van der Waals surface area contributed by atoms with Crippen LogP contribution in [-0.4, -0.2) is 22.6 Å². The van der Waals surface area contributed by atoms with E-state index in [2.05, 4.69) is 15.3 Å². The van der Waals surface area contributed by atoms with Crippen molar-refractivity contribution in [2.75, 3.05) is 5.32 Å². The maximum atomic E-state index is 14.4. The summed E-state index contributed by atoms with van der Waals surface area (Å²) in [7, 11) is 0. The first kappa shape index (κ1) is 18.9. The van der Waals surface area contributed by atoms with Crippen molar-refractivity contribution in [1.29, 1.82) is 0 Å². The summed E-state index contributed by atoms with van der Waals surface area (Å²) in [4.78, 5) is 19.4. The Morgan fingerprint density at radius 1 is 1.44 bits per heavy atom. The van der Waals surface area contributed by atoms with E-state index in [-0.39, 0.29) is 17.2 Å². The summed E-state index contributed by atoms with van der Waals surface area (Å²) in [5.41, 5.74) is 5.22. The normalized spacial score (nSPS) is 21.6. The van der Waals surface area contributed by atoms with Crippen molar-refractivity contribution in [2.24, 2.45) is 16.6 Å². The quantitative estimate of drug-likeness (QED) is 0.788. The molecule has 2 aromatic rings. The number of rotatable bonds is 4. The highest BCUT2D eigenvalue weighted by atomic mass is 19.3. The molecule has 1 aliphatic rings. The molecule has 0 spiro atoms. The number of nitrogens with zero attached hydrogens (tertiary/aromatic N) is 2. The second kappa shape index (κ2) is 7.01. The molecule has 0 radical (unpaired) electrons. The number of alkyl halides is 3. The van der Waals surface area contributed by atoms with E-state index >= 15 is 0 Å². The van der Waals surface area contributed by atoms with Crippen molar-refractivity contribution in [2.45, 2.75) is 32.0 Å². The van der Waals surface area contributed by atoms with E-state index in [4.69, 9.17) is 10.2 Å². The number of carbonyl (C=O) groups excluding carboxylic acids is 1. The van der Waals surface area contributed by atoms with E-state index < -0.39 is 54.2 Å². The molecule has 0 fully saturated rings. The molecule has 3 N–H and O–H groups in total. The van der Waals surface area contributed by atoms with Gasteiger partial charge in [0, 0.05) is 23.6 Å². The molecule has 1 aromatic heterocycles. The van der Waals surface area contributed by atoms with Crippen LogP contribution < -0.4 is 11.1 Å². The lowest BCUT2D eigenvalue weighted by molar-refractivity contribution is -0.0462. The number of carbonyl (C=O) groups is 1. The van der Waals surface area contributed by atoms with Crippen LogP contribution in [0.3, 0.4) is 0 Å². The van der Waals surface area contributed by atoms with Crippen LogP contribution in [0, 0.1) is 11.7 Å². The van der Waals surface area contributed by atoms with E-state index in [1.54, 1.807) is 0 Å². The molecule has 0 saturated carbocycles. The van der Waals surface area contributed by atoms with E-state index in [0.29, 0.717) is 0 Å². The van der Waals surface area contributed by atoms with Crippen LogP contribution in [0.25, 0.3) is 0 Å². The molecule has 0 bridgehead atoms. The number of aliphatic imine (C=N–C) groups is 1. The van der Waals surface area contributed by atoms with E-state index in [1.165, 1.54) is 13.0 Å². The molecular formula is C17H16F4N4O2. The smallest absolute Gasteiger partial charge is 0.311 e. The van der Waals surface area contributed by atoms with Crippen molar-refractivity contribution in [3.63, 3.8) is 0 Å². The fraction of sp³-hybridized carbons (Fsp3) is 0.353. The zero-order valence-corrected chi connectivity index (χ0v) is 14.2. The summed E-state index contributed by atoms with van der Waals surface area (Å²) >= 11 is 0. The average molecular weight is 384 g/mol. The Kier molecular flexibility index (Phi) is 4.90. The molecule has 3 rings (SSSR count). The standard InChI is InChI=1S/C17H16F4N4O2/c1-8-5-17(20,21)13(25-14(8)22)11-4-9(2-3-12(11)19)23-15(26)16-24-10(6-18)7-27-16/h2-4,7-8,13H,5-6H2,1H3,(H2,22,25)(H,23,26). The maximum absolute atomic E-state index is 14.4. The molecule has 10 heteroatoms. The Hall–Kier alpha value is -2.91. The van der Waals surface area contributed by atoms with Crippen molar-refractivity contribution in [3.8, 4) is 0 Å². The van der Waals surface area contributed by atoms with Crippen LogP contribution in [0.1, 0.15) is 41.3 Å². The van der Waals surface area contributed by atoms with Crippen LogP contribution in [-0.2, 0) is 6.67 Å². The highest BCUT2D eigenvalue weighted by Crippen LogP contribution is 2.44. The molecular weight excluding hydrogens is 368 g/mol. The molecule has 1 aliphatic heterocycles. The van der Waals surface area contributed by atoms with Gasteiger partial charge in [-0.1, -0.05) is 6.92 Å². The highest BCUT2D eigenvalue weighted by molar-refractivity contribution is 6.01. The number of amidine groups is 1. The van der Waals surface area contributed by atoms with Crippen LogP contribution >= 0.6 is 0 Å². The van der Waals surface area contributed by atoms with Gasteiger partial charge in [0.05, 0.1) is 5.84 Å². The number of hydrogen-bond acceptors (Lipinski definition) is 5. The number of nitrogens with one attached hydrogen (secondary N) is 1. The predicted octanol–water partition coefficient (Wildman–Crippen LogP) is 3.61. The summed E-state index contributed by atoms with van der Waals surface area (Å²) in [6.07, 6.45) is 0.414. The Labute approximate surface area is 151 Å². The SMILES string of the molecule is CC1CC(F)(F)C(c2cc(NC(=O)c3nc(CF)co3)ccc2F)N=C1N. The number of anilines is 1. The largest absolute Gasteiger partial charge is 0.441 e. The Bertz CT molecular complexity index is 897. The number of amides is 1. The zero-order chi connectivity index (χ0) is 19.8. The first-order chi connectivity index (χ1) is 12.7. The number of aromatic nitrogens is 1. The van der Waals surface area contributed by atoms with Gasteiger partial charge in [0.25, 0.3) is 11.8 Å². The molecule has 6 nitrogen and oxygen atoms in total. The van der Waals surface area contributed by atoms with E-state index in [0.717, 1.165) is 18.4 Å². The van der Waals surface area contributed by atoms with Gasteiger partial charge in [-0.15, -0.1) is 0 Å². The van der Waals surface area contributed by atoms with Crippen LogP contribution in [0.15, 0.2) is 33.9 Å². The Morgan fingerprint density at radius 2 is 2.19 bits per heavy atom. The second-order valence-corrected chi connectivity index (χ2v) is 6.29. The number of benzene rings is 1. The summed E-state index contributed by atoms with van der Waals surface area (Å²) < 4.78 is 60.3. The number of oxazole rings is 1. The minimum atomic E-state index is -3.30. The van der Waals surface area contributed by atoms with Gasteiger partial charge in [0.1, 0.15) is 30.5 Å². The monoisotopic (exact) mass is 384 g/mol. The van der Waals surface area contributed by atoms with Gasteiger partial charge in [0.15, 0.2) is 0 Å². The fourth-order valence-electron chi connectivity index (χ4n) is 2.78. The lowest BCUT2D eigenvalue weighted by Gasteiger charge is -2.32. The van der Waals surface area contributed by atoms with Crippen molar-refractivity contribution >= 4 is 17.4 Å². The van der Waals surface area contributed by atoms with Gasteiger partial charge in [-0.3, -0.25) is 9.79 Å². The Balaban J connectivity index is 1.89. The number of nitrogens with two attached hydrogens (primary N) is 1. The molecule has 1 aromatic carbocycles. The summed E-state index contributed by atoms with van der Waals surface area (Å²) in [5.74, 6) is -6.06. The summed E-state index contributed by atoms with van der Waals surface area (Å²) in [6.45, 7) is 0.601. The minimum Gasteiger partial charge on any atom is -0.441 e. The van der Waals surface area contributed by atoms with E-state index in [9.17, 15) is 22.4 Å². The van der Waals surface area contributed by atoms with Gasteiger partial charge < -0.3 is 15.5 Å². The topological polar surface area (TPSA) is 93.5 Å². The molecule has 2 heterocycles. The summed E-state index contributed by atoms with van der Waals surface area (Å²) in [6, 6.07) is 1.38. The highest BCUT2D eigenvalue weighted by Gasteiger charge is 2.46. The molecule has 0 saturated heterocycles. The van der Waals surface area contributed by atoms with Crippen LogP contribution in [0.2, 0.25) is 0 Å². The molecule has 144 valence electrons. The maximum Gasteiger partial charge on any atom is 0.311 e. The zero-order valence-electron chi connectivity index (χ0n) is 14.2. The molecule has 27 heavy (non-hydrogen) atoms. The Morgan fingerprint density at radius 3 is 2.85 bits per heavy atom. The molecule has 1 amide bonds. The third-order valence-corrected chi connectivity index (χ3v) is 4.19. The number of hydrogen-bond donors (Lipinski definition) is 2. The van der Waals surface area contributed by atoms with Gasteiger partial charge in [-0.2, -0.15) is 0 Å². The molecule has 2 atom stereocenters. The molecule has 0 aliphatic carbocycles. The van der Waals surface area contributed by atoms with Crippen LogP contribution in [0.4, 0.5) is 23.2 Å². The molecule has 2 unspecified atom stereocenters. The fourth-order valence-corrected chi connectivity index (χ4v) is 2.78. The van der Waals surface area contributed by atoms with E-state index in [1.807, 2.05) is 0 Å². The van der Waals surface area contributed by atoms with Crippen molar-refractivity contribution in [1.82, 2.24) is 4.98 Å². The van der Waals surface area contributed by atoms with Crippen molar-refractivity contribution < 1.29 is 26.8 Å². The second-order valence-electron chi connectivity index (χ2n) is 6.29. The number of halogens is 4. The van der Waals surface area contributed by atoms with Gasteiger partial charge in [0.2, 0.25) is 0 Å². The lowest BCUT2D eigenvalue weighted by Crippen LogP contribution is -2.39. The first-order valence-corrected chi connectivity index (χ1v) is 8.03. The van der Waals surface area contributed by atoms with Crippen molar-refractivity contribution in [3.05, 3.63) is 47.4 Å².